The highest BCUT2D eigenvalue weighted by molar-refractivity contribution is 7.18. The highest BCUT2D eigenvalue weighted by Crippen LogP contribution is 2.37. The summed E-state index contributed by atoms with van der Waals surface area (Å²) in [6, 6.07) is 5.60. The molecule has 0 saturated carbocycles. The van der Waals surface area contributed by atoms with Crippen LogP contribution in [0.3, 0.4) is 0 Å². The van der Waals surface area contributed by atoms with Gasteiger partial charge in [0.2, 0.25) is 5.91 Å². The van der Waals surface area contributed by atoms with Gasteiger partial charge in [-0.1, -0.05) is 20.8 Å². The van der Waals surface area contributed by atoms with Crippen LogP contribution in [0.1, 0.15) is 44.1 Å². The Morgan fingerprint density at radius 1 is 1.36 bits per heavy atom. The molecule has 0 unspecified atom stereocenters. The number of fused-ring (bicyclic) bond motifs is 2. The van der Waals surface area contributed by atoms with E-state index in [1.54, 1.807) is 11.3 Å². The van der Waals surface area contributed by atoms with Crippen LogP contribution in [0, 0.1) is 5.41 Å². The van der Waals surface area contributed by atoms with Crippen LogP contribution >= 0.6 is 11.3 Å². The van der Waals surface area contributed by atoms with Crippen molar-refractivity contribution < 1.29 is 4.79 Å². The SMILES string of the molecule is CCC(=O)Nc1ccc2c(=O)c3c(sc2c1)CC(C)(C)CC3. The smallest absolute Gasteiger partial charge is 0.224 e. The fourth-order valence-corrected chi connectivity index (χ4v) is 4.49. The Balaban J connectivity index is 2.10. The number of anilines is 1. The molecule has 22 heavy (non-hydrogen) atoms. The molecule has 116 valence electrons. The van der Waals surface area contributed by atoms with Crippen molar-refractivity contribution in [3.8, 4) is 0 Å². The second kappa shape index (κ2) is 5.51. The average molecular weight is 315 g/mol. The van der Waals surface area contributed by atoms with Gasteiger partial charge in [0.1, 0.15) is 0 Å². The minimum Gasteiger partial charge on any atom is -0.326 e. The Morgan fingerprint density at radius 3 is 2.86 bits per heavy atom. The Morgan fingerprint density at radius 2 is 2.14 bits per heavy atom. The van der Waals surface area contributed by atoms with Gasteiger partial charge in [0.05, 0.1) is 0 Å². The molecule has 1 amide bonds. The molecule has 0 radical (unpaired) electrons. The highest BCUT2D eigenvalue weighted by Gasteiger charge is 2.28. The number of amides is 1. The summed E-state index contributed by atoms with van der Waals surface area (Å²) in [5.41, 5.74) is 2.21. The average Bonchev–Trinajstić information content (AvgIpc) is 2.45. The monoisotopic (exact) mass is 315 g/mol. The summed E-state index contributed by atoms with van der Waals surface area (Å²) in [5.74, 6) is -0.00853. The molecule has 1 N–H and O–H groups in total. The van der Waals surface area contributed by atoms with Crippen LogP contribution in [0.4, 0.5) is 5.69 Å². The third kappa shape index (κ3) is 2.80. The lowest BCUT2D eigenvalue weighted by molar-refractivity contribution is -0.115. The van der Waals surface area contributed by atoms with Crippen LogP contribution in [0.2, 0.25) is 0 Å². The number of carbonyl (C=O) groups excluding carboxylic acids is 1. The maximum Gasteiger partial charge on any atom is 0.224 e. The van der Waals surface area contributed by atoms with E-state index >= 15 is 0 Å². The second-order valence-electron chi connectivity index (χ2n) is 6.79. The first-order chi connectivity index (χ1) is 10.4. The molecule has 0 fully saturated rings. The summed E-state index contributed by atoms with van der Waals surface area (Å²) >= 11 is 1.70. The lowest BCUT2D eigenvalue weighted by atomic mass is 9.77. The molecule has 1 aliphatic carbocycles. The predicted octanol–water partition coefficient (Wildman–Crippen LogP) is 4.12. The van der Waals surface area contributed by atoms with E-state index < -0.39 is 0 Å². The Labute approximate surface area is 134 Å². The van der Waals surface area contributed by atoms with Crippen molar-refractivity contribution in [2.45, 2.75) is 46.5 Å². The Hall–Kier alpha value is -1.68. The molecule has 1 aromatic heterocycles. The zero-order valence-electron chi connectivity index (χ0n) is 13.3. The first-order valence-electron chi connectivity index (χ1n) is 7.78. The molecule has 2 aromatic rings. The van der Waals surface area contributed by atoms with E-state index in [4.69, 9.17) is 0 Å². The third-order valence-corrected chi connectivity index (χ3v) is 5.56. The van der Waals surface area contributed by atoms with Crippen molar-refractivity contribution in [1.29, 1.82) is 0 Å². The molecule has 1 aromatic carbocycles. The van der Waals surface area contributed by atoms with Crippen molar-refractivity contribution in [1.82, 2.24) is 0 Å². The van der Waals surface area contributed by atoms with Gasteiger partial charge < -0.3 is 5.32 Å². The summed E-state index contributed by atoms with van der Waals surface area (Å²) in [6.07, 6.45) is 3.36. The molecule has 0 bridgehead atoms. The van der Waals surface area contributed by atoms with E-state index in [0.717, 1.165) is 40.6 Å². The van der Waals surface area contributed by atoms with E-state index in [9.17, 15) is 9.59 Å². The molecule has 1 aliphatic rings. The van der Waals surface area contributed by atoms with Crippen LogP contribution in [0.5, 0.6) is 0 Å². The summed E-state index contributed by atoms with van der Waals surface area (Å²) in [6.45, 7) is 6.34. The zero-order valence-corrected chi connectivity index (χ0v) is 14.1. The Kier molecular flexibility index (Phi) is 3.81. The number of benzene rings is 1. The van der Waals surface area contributed by atoms with Crippen molar-refractivity contribution in [3.63, 3.8) is 0 Å². The van der Waals surface area contributed by atoms with E-state index in [-0.39, 0.29) is 16.8 Å². The minimum absolute atomic E-state index is 0.00853. The lowest BCUT2D eigenvalue weighted by Gasteiger charge is -2.30. The van der Waals surface area contributed by atoms with Crippen LogP contribution < -0.4 is 10.7 Å². The number of hydrogen-bond acceptors (Lipinski definition) is 3. The number of hydrogen-bond donors (Lipinski definition) is 1. The second-order valence-corrected chi connectivity index (χ2v) is 7.92. The van der Waals surface area contributed by atoms with Gasteiger partial charge in [0.15, 0.2) is 5.43 Å². The third-order valence-electron chi connectivity index (χ3n) is 4.37. The molecular formula is C18H21NO2S. The quantitative estimate of drug-likeness (QED) is 0.906. The zero-order chi connectivity index (χ0) is 15.9. The summed E-state index contributed by atoms with van der Waals surface area (Å²) in [5, 5.41) is 3.64. The maximum absolute atomic E-state index is 12.7. The van der Waals surface area contributed by atoms with Crippen LogP contribution in [0.25, 0.3) is 10.1 Å². The molecule has 3 nitrogen and oxygen atoms in total. The standard InChI is InChI=1S/C18H21NO2S/c1-4-16(20)19-11-5-6-12-14(9-11)22-15-10-18(2,3)8-7-13(15)17(12)21/h5-6,9H,4,7-8,10H2,1-3H3,(H,19,20). The largest absolute Gasteiger partial charge is 0.326 e. The fraction of sp³-hybridized carbons (Fsp3) is 0.444. The molecular weight excluding hydrogens is 294 g/mol. The Bertz CT molecular complexity index is 805. The first-order valence-corrected chi connectivity index (χ1v) is 8.60. The van der Waals surface area contributed by atoms with Gasteiger partial charge in [-0.2, -0.15) is 0 Å². The van der Waals surface area contributed by atoms with Gasteiger partial charge in [-0.25, -0.2) is 0 Å². The molecule has 0 spiro atoms. The van der Waals surface area contributed by atoms with E-state index in [1.807, 2.05) is 25.1 Å². The first kappa shape index (κ1) is 15.2. The number of nitrogens with one attached hydrogen (secondary N) is 1. The van der Waals surface area contributed by atoms with E-state index in [0.29, 0.717) is 6.42 Å². The molecule has 0 saturated heterocycles. The van der Waals surface area contributed by atoms with Crippen molar-refractivity contribution >= 4 is 33.0 Å². The summed E-state index contributed by atoms with van der Waals surface area (Å²) in [7, 11) is 0. The topological polar surface area (TPSA) is 46.2 Å². The molecule has 4 heteroatoms. The lowest BCUT2D eigenvalue weighted by Crippen LogP contribution is -2.26. The molecule has 0 atom stereocenters. The normalized spacial score (nSPS) is 16.3. The van der Waals surface area contributed by atoms with Gasteiger partial charge in [-0.15, -0.1) is 11.3 Å². The van der Waals surface area contributed by atoms with E-state index in [2.05, 4.69) is 19.2 Å². The van der Waals surface area contributed by atoms with Gasteiger partial charge in [-0.3, -0.25) is 9.59 Å². The van der Waals surface area contributed by atoms with Gasteiger partial charge >= 0.3 is 0 Å². The highest BCUT2D eigenvalue weighted by atomic mass is 32.1. The predicted molar refractivity (Wildman–Crippen MR) is 92.8 cm³/mol. The van der Waals surface area contributed by atoms with Gasteiger partial charge in [-0.05, 0) is 42.9 Å². The summed E-state index contributed by atoms with van der Waals surface area (Å²) < 4.78 is 0.968. The van der Waals surface area contributed by atoms with Crippen LogP contribution in [0.15, 0.2) is 23.0 Å². The van der Waals surface area contributed by atoms with Gasteiger partial charge in [0, 0.05) is 32.6 Å². The molecule has 3 rings (SSSR count). The number of carbonyl (C=O) groups is 1. The minimum atomic E-state index is -0.00853. The fourth-order valence-electron chi connectivity index (χ4n) is 2.99. The van der Waals surface area contributed by atoms with E-state index in [1.165, 1.54) is 4.88 Å². The maximum atomic E-state index is 12.7. The number of rotatable bonds is 2. The molecule has 1 heterocycles. The van der Waals surface area contributed by atoms with Crippen LogP contribution in [-0.4, -0.2) is 5.91 Å². The van der Waals surface area contributed by atoms with Crippen LogP contribution in [-0.2, 0) is 17.6 Å². The van der Waals surface area contributed by atoms with Crippen molar-refractivity contribution in [2.24, 2.45) is 5.41 Å². The summed E-state index contributed by atoms with van der Waals surface area (Å²) in [4.78, 5) is 25.4. The van der Waals surface area contributed by atoms with Gasteiger partial charge in [0.25, 0.3) is 0 Å². The van der Waals surface area contributed by atoms with Crippen molar-refractivity contribution in [2.75, 3.05) is 5.32 Å². The van der Waals surface area contributed by atoms with Crippen molar-refractivity contribution in [3.05, 3.63) is 38.9 Å². The molecule has 0 aliphatic heterocycles.